The van der Waals surface area contributed by atoms with Crippen molar-refractivity contribution in [3.63, 3.8) is 0 Å². The van der Waals surface area contributed by atoms with Gasteiger partial charge in [0.1, 0.15) is 0 Å². The molecule has 4 fully saturated rings. The maximum atomic E-state index is 5.39. The van der Waals surface area contributed by atoms with Crippen LogP contribution in [0.4, 0.5) is 0 Å². The van der Waals surface area contributed by atoms with E-state index in [1.807, 2.05) is 0 Å². The minimum absolute atomic E-state index is 0.507. The first-order chi connectivity index (χ1) is 7.76. The van der Waals surface area contributed by atoms with Crippen LogP contribution in [0.3, 0.4) is 0 Å². The van der Waals surface area contributed by atoms with Crippen molar-refractivity contribution in [1.29, 1.82) is 0 Å². The van der Waals surface area contributed by atoms with Gasteiger partial charge in [0.05, 0.1) is 0 Å². The Morgan fingerprint density at radius 3 is 2.12 bits per heavy atom. The summed E-state index contributed by atoms with van der Waals surface area (Å²) in [6.45, 7) is 3.12. The second-order valence-corrected chi connectivity index (χ2v) is 6.43. The zero-order valence-corrected chi connectivity index (χ0v) is 10.3. The topological polar surface area (TPSA) is 50.1 Å². The first kappa shape index (κ1) is 11.0. The number of hydrazine groups is 1. The molecule has 3 nitrogen and oxygen atoms in total. The smallest absolute Gasteiger partial charge is 0.0249 e. The largest absolute Gasteiger partial charge is 0.310 e. The highest BCUT2D eigenvalue weighted by atomic mass is 15.2. The van der Waals surface area contributed by atoms with Crippen LogP contribution in [0.25, 0.3) is 0 Å². The molecule has 16 heavy (non-hydrogen) atoms. The Kier molecular flexibility index (Phi) is 2.94. The number of nitrogens with one attached hydrogen (secondary N) is 2. The molecule has 0 saturated heterocycles. The van der Waals surface area contributed by atoms with Crippen LogP contribution >= 0.6 is 0 Å². The molecule has 4 aliphatic carbocycles. The van der Waals surface area contributed by atoms with Gasteiger partial charge in [0.25, 0.3) is 0 Å². The number of hydrogen-bond acceptors (Lipinski definition) is 3. The highest BCUT2D eigenvalue weighted by molar-refractivity contribution is 5.01. The molecule has 0 radical (unpaired) electrons. The fourth-order valence-corrected chi connectivity index (χ4v) is 4.76. The number of nitrogens with two attached hydrogens (primary N) is 1. The van der Waals surface area contributed by atoms with Gasteiger partial charge >= 0.3 is 0 Å². The predicted molar refractivity (Wildman–Crippen MR) is 65.6 cm³/mol. The van der Waals surface area contributed by atoms with Gasteiger partial charge in [-0.05, 0) is 62.7 Å². The van der Waals surface area contributed by atoms with E-state index in [0.717, 1.165) is 36.3 Å². The van der Waals surface area contributed by atoms with E-state index in [1.54, 1.807) is 6.42 Å². The molecule has 92 valence electrons. The van der Waals surface area contributed by atoms with E-state index >= 15 is 0 Å². The van der Waals surface area contributed by atoms with Crippen LogP contribution in [0.15, 0.2) is 0 Å². The molecule has 4 aliphatic rings. The monoisotopic (exact) mass is 223 g/mol. The quantitative estimate of drug-likeness (QED) is 0.497. The molecule has 0 heterocycles. The van der Waals surface area contributed by atoms with Crippen LogP contribution < -0.4 is 16.6 Å². The van der Waals surface area contributed by atoms with Gasteiger partial charge in [-0.1, -0.05) is 0 Å². The molecule has 0 aliphatic heterocycles. The fraction of sp³-hybridized carbons (Fsp3) is 1.00. The van der Waals surface area contributed by atoms with E-state index in [-0.39, 0.29) is 0 Å². The third-order valence-electron chi connectivity index (χ3n) is 5.13. The normalized spacial score (nSPS) is 47.2. The van der Waals surface area contributed by atoms with Crippen molar-refractivity contribution in [3.05, 3.63) is 0 Å². The summed E-state index contributed by atoms with van der Waals surface area (Å²) in [5, 5.41) is 3.82. The van der Waals surface area contributed by atoms with Crippen molar-refractivity contribution in [1.82, 2.24) is 10.7 Å². The van der Waals surface area contributed by atoms with Gasteiger partial charge in [0.15, 0.2) is 0 Å². The number of rotatable bonds is 4. The SMILES string of the molecule is CC(CNN)NC1C2CC3CC(C2)CC1C3. The third kappa shape index (κ3) is 1.89. The van der Waals surface area contributed by atoms with Crippen molar-refractivity contribution < 1.29 is 0 Å². The van der Waals surface area contributed by atoms with Gasteiger partial charge in [-0.15, -0.1) is 0 Å². The summed E-state index contributed by atoms with van der Waals surface area (Å²) < 4.78 is 0. The second-order valence-electron chi connectivity index (χ2n) is 6.43. The highest BCUT2D eigenvalue weighted by Gasteiger charge is 2.48. The summed E-state index contributed by atoms with van der Waals surface area (Å²) in [7, 11) is 0. The minimum atomic E-state index is 0.507. The standard InChI is InChI=1S/C13H25N3/c1-8(7-15-14)16-13-11-3-9-2-10(5-11)6-12(13)4-9/h8-13,15-16H,2-7,14H2,1H3. The predicted octanol–water partition coefficient (Wildman–Crippen LogP) is 1.25. The molecule has 3 heteroatoms. The van der Waals surface area contributed by atoms with Gasteiger partial charge in [0.2, 0.25) is 0 Å². The van der Waals surface area contributed by atoms with Crippen LogP contribution in [0.1, 0.15) is 39.0 Å². The Hall–Kier alpha value is -0.120. The lowest BCUT2D eigenvalue weighted by molar-refractivity contribution is -0.0169. The van der Waals surface area contributed by atoms with E-state index in [9.17, 15) is 0 Å². The van der Waals surface area contributed by atoms with E-state index < -0.39 is 0 Å². The van der Waals surface area contributed by atoms with Crippen LogP contribution in [0.5, 0.6) is 0 Å². The summed E-state index contributed by atoms with van der Waals surface area (Å²) in [5.74, 6) is 9.47. The summed E-state index contributed by atoms with van der Waals surface area (Å²) in [6, 6.07) is 1.30. The molecule has 0 aromatic heterocycles. The third-order valence-corrected chi connectivity index (χ3v) is 5.13. The summed E-state index contributed by atoms with van der Waals surface area (Å²) in [5.41, 5.74) is 2.78. The van der Waals surface area contributed by atoms with Gasteiger partial charge in [-0.25, -0.2) is 0 Å². The first-order valence-corrected chi connectivity index (χ1v) is 6.95. The Morgan fingerprint density at radius 1 is 1.06 bits per heavy atom. The fourth-order valence-electron chi connectivity index (χ4n) is 4.76. The molecule has 0 aromatic carbocycles. The molecular weight excluding hydrogens is 198 g/mol. The van der Waals surface area contributed by atoms with Gasteiger partial charge < -0.3 is 5.32 Å². The van der Waals surface area contributed by atoms with Crippen molar-refractivity contribution in [2.75, 3.05) is 6.54 Å². The maximum absolute atomic E-state index is 5.39. The molecule has 0 amide bonds. The van der Waals surface area contributed by atoms with Gasteiger partial charge in [0, 0.05) is 18.6 Å². The van der Waals surface area contributed by atoms with Crippen LogP contribution in [-0.2, 0) is 0 Å². The molecule has 4 saturated carbocycles. The molecule has 4 bridgehead atoms. The lowest BCUT2D eigenvalue weighted by Crippen LogP contribution is -2.57. The molecule has 4 N–H and O–H groups in total. The minimum Gasteiger partial charge on any atom is -0.310 e. The summed E-state index contributed by atoms with van der Waals surface area (Å²) in [4.78, 5) is 0. The van der Waals surface area contributed by atoms with E-state index in [2.05, 4.69) is 17.7 Å². The molecule has 4 rings (SSSR count). The van der Waals surface area contributed by atoms with Gasteiger partial charge in [-0.2, -0.15) is 0 Å². The number of hydrogen-bond donors (Lipinski definition) is 3. The van der Waals surface area contributed by atoms with Crippen LogP contribution in [-0.4, -0.2) is 18.6 Å². The lowest BCUT2D eigenvalue weighted by Gasteiger charge is -2.55. The molecule has 1 unspecified atom stereocenters. The summed E-state index contributed by atoms with van der Waals surface area (Å²) >= 11 is 0. The zero-order chi connectivity index (χ0) is 11.1. The van der Waals surface area contributed by atoms with Crippen molar-refractivity contribution in [2.24, 2.45) is 29.5 Å². The lowest BCUT2D eigenvalue weighted by atomic mass is 9.54. The Bertz CT molecular complexity index is 226. The molecule has 0 spiro atoms. The Labute approximate surface area is 98.5 Å². The van der Waals surface area contributed by atoms with Crippen molar-refractivity contribution >= 4 is 0 Å². The molecule has 1 atom stereocenters. The maximum Gasteiger partial charge on any atom is 0.0249 e. The zero-order valence-electron chi connectivity index (χ0n) is 10.3. The average molecular weight is 223 g/mol. The highest BCUT2D eigenvalue weighted by Crippen LogP contribution is 2.53. The summed E-state index contributed by atoms with van der Waals surface area (Å²) in [6.07, 6.45) is 7.52. The average Bonchev–Trinajstić information content (AvgIpc) is 2.23. The second kappa shape index (κ2) is 4.28. The van der Waals surface area contributed by atoms with Gasteiger partial charge in [-0.3, -0.25) is 11.3 Å². The Balaban J connectivity index is 1.63. The van der Waals surface area contributed by atoms with Crippen LogP contribution in [0, 0.1) is 23.7 Å². The van der Waals surface area contributed by atoms with Crippen molar-refractivity contribution in [2.45, 2.75) is 51.1 Å². The van der Waals surface area contributed by atoms with Crippen LogP contribution in [0.2, 0.25) is 0 Å². The Morgan fingerprint density at radius 2 is 1.62 bits per heavy atom. The van der Waals surface area contributed by atoms with E-state index in [4.69, 9.17) is 5.84 Å². The molecule has 0 aromatic rings. The molecular formula is C13H25N3. The van der Waals surface area contributed by atoms with Crippen molar-refractivity contribution in [3.8, 4) is 0 Å². The van der Waals surface area contributed by atoms with E-state index in [0.29, 0.717) is 6.04 Å². The van der Waals surface area contributed by atoms with E-state index in [1.165, 1.54) is 25.7 Å². The first-order valence-electron chi connectivity index (χ1n) is 6.95.